The van der Waals surface area contributed by atoms with Gasteiger partial charge in [0.25, 0.3) is 10.1 Å². The van der Waals surface area contributed by atoms with Crippen LogP contribution >= 0.6 is 0 Å². The van der Waals surface area contributed by atoms with Gasteiger partial charge in [0.05, 0.1) is 50.1 Å². The lowest BCUT2D eigenvalue weighted by molar-refractivity contribution is -0.0433. The van der Waals surface area contributed by atoms with E-state index in [2.05, 4.69) is 0 Å². The number of rotatable bonds is 11. The summed E-state index contributed by atoms with van der Waals surface area (Å²) >= 11 is 0. The van der Waals surface area contributed by atoms with Crippen LogP contribution in [-0.4, -0.2) is 53.7 Å². The van der Waals surface area contributed by atoms with Crippen LogP contribution in [0.25, 0.3) is 0 Å². The Bertz CT molecular complexity index is 577. The van der Waals surface area contributed by atoms with Crippen LogP contribution in [0, 0.1) is 6.92 Å². The molecule has 0 unspecified atom stereocenters. The molecule has 0 N–H and O–H groups in total. The van der Waals surface area contributed by atoms with Crippen LogP contribution in [0.5, 0.6) is 0 Å². The fourth-order valence-corrected chi connectivity index (χ4v) is 2.77. The molecule has 0 heterocycles. The topological polar surface area (TPSA) is 71.1 Å². The van der Waals surface area contributed by atoms with E-state index in [4.69, 9.17) is 18.4 Å². The predicted molar refractivity (Wildman–Crippen MR) is 91.7 cm³/mol. The van der Waals surface area contributed by atoms with Crippen molar-refractivity contribution in [2.45, 2.75) is 38.2 Å². The first-order valence-corrected chi connectivity index (χ1v) is 9.37. The van der Waals surface area contributed by atoms with Crippen LogP contribution < -0.4 is 0 Å². The molecule has 0 saturated heterocycles. The molecule has 6 nitrogen and oxygen atoms in total. The minimum Gasteiger partial charge on any atom is -0.377 e. The predicted octanol–water partition coefficient (Wildman–Crippen LogP) is 2.55. The molecule has 0 bridgehead atoms. The molecule has 0 aliphatic rings. The van der Waals surface area contributed by atoms with Gasteiger partial charge < -0.3 is 14.2 Å². The van der Waals surface area contributed by atoms with Gasteiger partial charge in [0, 0.05) is 0 Å². The normalized spacial score (nSPS) is 12.5. The molecule has 0 radical (unpaired) electrons. The van der Waals surface area contributed by atoms with E-state index >= 15 is 0 Å². The van der Waals surface area contributed by atoms with E-state index in [-0.39, 0.29) is 23.7 Å². The number of hydrogen-bond donors (Lipinski definition) is 0. The maximum Gasteiger partial charge on any atom is 0.297 e. The van der Waals surface area contributed by atoms with Crippen LogP contribution in [0.1, 0.15) is 26.3 Å². The second kappa shape index (κ2) is 10.1. The van der Waals surface area contributed by atoms with Crippen molar-refractivity contribution in [1.82, 2.24) is 0 Å². The van der Waals surface area contributed by atoms with E-state index in [1.165, 1.54) is 6.07 Å². The van der Waals surface area contributed by atoms with Gasteiger partial charge in [0.1, 0.15) is 0 Å². The Morgan fingerprint density at radius 3 is 2.08 bits per heavy atom. The first-order chi connectivity index (χ1) is 11.2. The Morgan fingerprint density at radius 2 is 1.50 bits per heavy atom. The molecule has 0 aromatic heterocycles. The van der Waals surface area contributed by atoms with Crippen molar-refractivity contribution in [3.63, 3.8) is 0 Å². The van der Waals surface area contributed by atoms with E-state index in [1.807, 2.05) is 33.8 Å². The number of benzene rings is 1. The van der Waals surface area contributed by atoms with E-state index in [9.17, 15) is 8.42 Å². The largest absolute Gasteiger partial charge is 0.377 e. The lowest BCUT2D eigenvalue weighted by Crippen LogP contribution is -2.22. The molecule has 0 fully saturated rings. The molecule has 24 heavy (non-hydrogen) atoms. The van der Waals surface area contributed by atoms with Crippen LogP contribution in [-0.2, 0) is 28.5 Å². The highest BCUT2D eigenvalue weighted by atomic mass is 32.2. The number of aryl methyl sites for hydroxylation is 1. The fraction of sp³-hybridized carbons (Fsp3) is 0.647. The highest BCUT2D eigenvalue weighted by molar-refractivity contribution is 7.86. The van der Waals surface area contributed by atoms with Gasteiger partial charge in [-0.1, -0.05) is 12.1 Å². The lowest BCUT2D eigenvalue weighted by Gasteiger charge is -2.19. The third-order valence-electron chi connectivity index (χ3n) is 2.88. The maximum absolute atomic E-state index is 12.0. The summed E-state index contributed by atoms with van der Waals surface area (Å²) in [4.78, 5) is 0.157. The Balaban J connectivity index is 2.08. The Labute approximate surface area is 145 Å². The lowest BCUT2D eigenvalue weighted by atomic mass is 10.2. The summed E-state index contributed by atoms with van der Waals surface area (Å²) in [6.45, 7) is 9.79. The molecular weight excluding hydrogens is 332 g/mol. The van der Waals surface area contributed by atoms with Crippen molar-refractivity contribution in [3.05, 3.63) is 29.8 Å². The van der Waals surface area contributed by atoms with Crippen molar-refractivity contribution >= 4 is 10.1 Å². The van der Waals surface area contributed by atoms with Crippen molar-refractivity contribution in [2.75, 3.05) is 39.6 Å². The summed E-state index contributed by atoms with van der Waals surface area (Å²) in [6.07, 6.45) is 0. The molecule has 0 amide bonds. The third-order valence-corrected chi connectivity index (χ3v) is 4.19. The molecule has 138 valence electrons. The van der Waals surface area contributed by atoms with Gasteiger partial charge in [0.2, 0.25) is 0 Å². The van der Waals surface area contributed by atoms with E-state index in [0.717, 1.165) is 5.56 Å². The summed E-state index contributed by atoms with van der Waals surface area (Å²) < 4.78 is 45.0. The van der Waals surface area contributed by atoms with Crippen LogP contribution in [0.3, 0.4) is 0 Å². The molecule has 0 aliphatic carbocycles. The second-order valence-electron chi connectivity index (χ2n) is 6.28. The van der Waals surface area contributed by atoms with Gasteiger partial charge >= 0.3 is 0 Å². The minimum atomic E-state index is -3.73. The van der Waals surface area contributed by atoms with Crippen molar-refractivity contribution in [3.8, 4) is 0 Å². The van der Waals surface area contributed by atoms with Crippen molar-refractivity contribution < 1.29 is 26.8 Å². The Kier molecular flexibility index (Phi) is 8.86. The molecule has 0 saturated carbocycles. The van der Waals surface area contributed by atoms with Gasteiger partial charge in [0.15, 0.2) is 0 Å². The van der Waals surface area contributed by atoms with E-state index in [0.29, 0.717) is 26.4 Å². The van der Waals surface area contributed by atoms with Gasteiger partial charge in [-0.05, 0) is 45.4 Å². The first kappa shape index (κ1) is 21.1. The molecule has 1 aromatic carbocycles. The summed E-state index contributed by atoms with van der Waals surface area (Å²) in [5.74, 6) is 0. The van der Waals surface area contributed by atoms with Crippen LogP contribution in [0.2, 0.25) is 0 Å². The average Bonchev–Trinajstić information content (AvgIpc) is 2.48. The summed E-state index contributed by atoms with van der Waals surface area (Å²) in [5, 5.41) is 0. The molecule has 7 heteroatoms. The molecule has 0 atom stereocenters. The zero-order chi connectivity index (χ0) is 18.1. The van der Waals surface area contributed by atoms with Crippen LogP contribution in [0.4, 0.5) is 0 Å². The average molecular weight is 360 g/mol. The second-order valence-corrected chi connectivity index (χ2v) is 7.89. The Hall–Kier alpha value is -0.990. The molecular formula is C17H28O6S. The number of hydrogen-bond acceptors (Lipinski definition) is 6. The Morgan fingerprint density at radius 1 is 0.917 bits per heavy atom. The zero-order valence-electron chi connectivity index (χ0n) is 14.9. The molecule has 1 aromatic rings. The SMILES string of the molecule is Cc1cccc(S(=O)(=O)OCCOCCOCCOC(C)(C)C)c1. The zero-order valence-corrected chi connectivity index (χ0v) is 15.7. The van der Waals surface area contributed by atoms with Crippen molar-refractivity contribution in [2.24, 2.45) is 0 Å². The van der Waals surface area contributed by atoms with Gasteiger partial charge in [-0.25, -0.2) is 0 Å². The standard InChI is InChI=1S/C17H28O6S/c1-15-6-5-7-16(14-15)24(18,19)23-13-11-21-9-8-20-10-12-22-17(2,3)4/h5-7,14H,8-13H2,1-4H3. The van der Waals surface area contributed by atoms with Gasteiger partial charge in [-0.3, -0.25) is 4.18 Å². The quantitative estimate of drug-likeness (QED) is 0.446. The highest BCUT2D eigenvalue weighted by Crippen LogP contribution is 2.13. The monoisotopic (exact) mass is 360 g/mol. The van der Waals surface area contributed by atoms with Gasteiger partial charge in [-0.2, -0.15) is 8.42 Å². The smallest absolute Gasteiger partial charge is 0.297 e. The summed E-state index contributed by atoms with van der Waals surface area (Å²) in [5.41, 5.74) is 0.698. The molecule has 0 spiro atoms. The van der Waals surface area contributed by atoms with Gasteiger partial charge in [-0.15, -0.1) is 0 Å². The molecule has 0 aliphatic heterocycles. The van der Waals surface area contributed by atoms with Crippen LogP contribution in [0.15, 0.2) is 29.2 Å². The minimum absolute atomic E-state index is 0.0244. The number of ether oxygens (including phenoxy) is 3. The van der Waals surface area contributed by atoms with Crippen molar-refractivity contribution in [1.29, 1.82) is 0 Å². The fourth-order valence-electron chi connectivity index (χ4n) is 1.77. The third kappa shape index (κ3) is 9.34. The summed E-state index contributed by atoms with van der Waals surface area (Å²) in [7, 11) is -3.73. The first-order valence-electron chi connectivity index (χ1n) is 7.96. The molecule has 1 rings (SSSR count). The van der Waals surface area contributed by atoms with E-state index in [1.54, 1.807) is 12.1 Å². The highest BCUT2D eigenvalue weighted by Gasteiger charge is 2.14. The van der Waals surface area contributed by atoms with E-state index < -0.39 is 10.1 Å². The maximum atomic E-state index is 12.0. The summed E-state index contributed by atoms with van der Waals surface area (Å²) in [6, 6.07) is 6.60.